The van der Waals surface area contributed by atoms with E-state index in [0.29, 0.717) is 5.75 Å². The van der Waals surface area contributed by atoms with Crippen LogP contribution in [-0.4, -0.2) is 5.97 Å². The number of halogens is 2. The summed E-state index contributed by atoms with van der Waals surface area (Å²) in [4.78, 5) is 12.4. The van der Waals surface area contributed by atoms with E-state index in [-0.39, 0.29) is 34.3 Å². The highest BCUT2D eigenvalue weighted by molar-refractivity contribution is 6.55. The molecular formula is C21H20Cl2O3. The third-order valence-electron chi connectivity index (χ3n) is 4.73. The van der Waals surface area contributed by atoms with Gasteiger partial charge in [0.15, 0.2) is 0 Å². The Morgan fingerprint density at radius 1 is 1.08 bits per heavy atom. The van der Waals surface area contributed by atoms with Crippen molar-refractivity contribution in [2.45, 2.75) is 20.5 Å². The van der Waals surface area contributed by atoms with Gasteiger partial charge in [0.2, 0.25) is 0 Å². The fraction of sp³-hybridized carbons (Fsp3) is 0.286. The van der Waals surface area contributed by atoms with Crippen molar-refractivity contribution >= 4 is 29.2 Å². The summed E-state index contributed by atoms with van der Waals surface area (Å²) in [5.41, 5.74) is 0.678. The molecule has 1 fully saturated rings. The largest absolute Gasteiger partial charge is 0.461 e. The van der Waals surface area contributed by atoms with Crippen LogP contribution >= 0.6 is 23.2 Å². The van der Waals surface area contributed by atoms with Crippen LogP contribution < -0.4 is 4.74 Å². The quantitative estimate of drug-likeness (QED) is 0.557. The lowest BCUT2D eigenvalue weighted by atomic mass is 10.1. The van der Waals surface area contributed by atoms with E-state index in [1.54, 1.807) is 6.08 Å². The Kier molecular flexibility index (Phi) is 5.59. The van der Waals surface area contributed by atoms with Crippen molar-refractivity contribution in [1.29, 1.82) is 0 Å². The lowest BCUT2D eigenvalue weighted by Gasteiger charge is -2.09. The first-order chi connectivity index (χ1) is 12.4. The van der Waals surface area contributed by atoms with Gasteiger partial charge >= 0.3 is 5.97 Å². The minimum Gasteiger partial charge on any atom is -0.461 e. The number of hydrogen-bond donors (Lipinski definition) is 0. The van der Waals surface area contributed by atoms with E-state index in [0.717, 1.165) is 11.3 Å². The van der Waals surface area contributed by atoms with Gasteiger partial charge in [0.05, 0.1) is 5.92 Å². The highest BCUT2D eigenvalue weighted by Crippen LogP contribution is 2.60. The van der Waals surface area contributed by atoms with E-state index in [9.17, 15) is 4.79 Å². The molecule has 136 valence electrons. The molecule has 1 unspecified atom stereocenters. The molecule has 0 amide bonds. The Hall–Kier alpha value is -1.97. The predicted octanol–water partition coefficient (Wildman–Crippen LogP) is 6.11. The maximum absolute atomic E-state index is 12.4. The Labute approximate surface area is 163 Å². The van der Waals surface area contributed by atoms with E-state index in [2.05, 4.69) is 0 Å². The van der Waals surface area contributed by atoms with E-state index in [1.165, 1.54) is 0 Å². The normalized spacial score (nSPS) is 20.2. The lowest BCUT2D eigenvalue weighted by Crippen LogP contribution is -2.10. The molecule has 5 heteroatoms. The zero-order chi connectivity index (χ0) is 18.7. The Balaban J connectivity index is 1.59. The van der Waals surface area contributed by atoms with Crippen LogP contribution in [0.25, 0.3) is 0 Å². The molecule has 0 spiro atoms. The van der Waals surface area contributed by atoms with Crippen molar-refractivity contribution in [3.05, 3.63) is 70.7 Å². The van der Waals surface area contributed by atoms with Gasteiger partial charge in [0.1, 0.15) is 22.6 Å². The molecule has 1 saturated carbocycles. The highest BCUT2D eigenvalue weighted by Gasteiger charge is 2.61. The summed E-state index contributed by atoms with van der Waals surface area (Å²) in [6.45, 7) is 4.21. The monoisotopic (exact) mass is 390 g/mol. The standard InChI is InChI=1S/C21H20Cl2O3/c1-21(2)17(12-18(22)23)19(21)20(24)25-13-14-7-6-10-16(11-14)26-15-8-4-3-5-9-15/h3-12,17,19H,13H2,1-2H3/t17?,19-/m1/s1. The van der Waals surface area contributed by atoms with Gasteiger partial charge in [-0.25, -0.2) is 0 Å². The average molecular weight is 391 g/mol. The van der Waals surface area contributed by atoms with Gasteiger partial charge in [-0.05, 0) is 47.2 Å². The summed E-state index contributed by atoms with van der Waals surface area (Å²) >= 11 is 11.5. The first-order valence-electron chi connectivity index (χ1n) is 8.39. The van der Waals surface area contributed by atoms with Crippen molar-refractivity contribution in [3.8, 4) is 11.5 Å². The predicted molar refractivity (Wildman–Crippen MR) is 103 cm³/mol. The maximum Gasteiger partial charge on any atom is 0.310 e. The number of rotatable bonds is 6. The van der Waals surface area contributed by atoms with Crippen LogP contribution in [0.2, 0.25) is 0 Å². The molecule has 3 rings (SSSR count). The highest BCUT2D eigenvalue weighted by atomic mass is 35.5. The molecule has 0 N–H and O–H groups in total. The van der Waals surface area contributed by atoms with Crippen LogP contribution in [0, 0.1) is 17.3 Å². The van der Waals surface area contributed by atoms with Crippen LogP contribution in [0.4, 0.5) is 0 Å². The molecule has 0 aromatic heterocycles. The topological polar surface area (TPSA) is 35.5 Å². The number of hydrogen-bond acceptors (Lipinski definition) is 3. The van der Waals surface area contributed by atoms with E-state index in [1.807, 2.05) is 68.4 Å². The maximum atomic E-state index is 12.4. The van der Waals surface area contributed by atoms with Gasteiger partial charge in [-0.2, -0.15) is 0 Å². The summed E-state index contributed by atoms with van der Waals surface area (Å²) in [7, 11) is 0. The Bertz CT molecular complexity index is 811. The van der Waals surface area contributed by atoms with Crippen LogP contribution in [0.5, 0.6) is 11.5 Å². The third-order valence-corrected chi connectivity index (χ3v) is 4.98. The molecule has 0 radical (unpaired) electrons. The smallest absolute Gasteiger partial charge is 0.310 e. The third kappa shape index (κ3) is 4.40. The van der Waals surface area contributed by atoms with Crippen molar-refractivity contribution in [3.63, 3.8) is 0 Å². The van der Waals surface area contributed by atoms with E-state index in [4.69, 9.17) is 32.7 Å². The molecule has 0 aliphatic heterocycles. The summed E-state index contributed by atoms with van der Waals surface area (Å²) in [6.07, 6.45) is 1.71. The van der Waals surface area contributed by atoms with Crippen LogP contribution in [0.15, 0.2) is 65.2 Å². The minimum absolute atomic E-state index is 0.00717. The van der Waals surface area contributed by atoms with E-state index < -0.39 is 0 Å². The molecule has 0 bridgehead atoms. The van der Waals surface area contributed by atoms with Gasteiger partial charge in [-0.3, -0.25) is 4.79 Å². The van der Waals surface area contributed by atoms with Gasteiger partial charge < -0.3 is 9.47 Å². The number of benzene rings is 2. The zero-order valence-electron chi connectivity index (χ0n) is 14.6. The number of allylic oxidation sites excluding steroid dienone is 1. The van der Waals surface area contributed by atoms with E-state index >= 15 is 0 Å². The number of para-hydroxylation sites is 1. The van der Waals surface area contributed by atoms with Gasteiger partial charge in [0.25, 0.3) is 0 Å². The van der Waals surface area contributed by atoms with Crippen LogP contribution in [0.1, 0.15) is 19.4 Å². The first-order valence-corrected chi connectivity index (χ1v) is 9.15. The molecule has 1 aliphatic rings. The summed E-state index contributed by atoms with van der Waals surface area (Å²) in [5.74, 6) is 1.01. The number of carbonyl (C=O) groups is 1. The molecule has 2 aromatic carbocycles. The average Bonchev–Trinajstić information content (AvgIpc) is 3.13. The fourth-order valence-electron chi connectivity index (χ4n) is 3.14. The first kappa shape index (κ1) is 18.8. The molecule has 2 aromatic rings. The minimum atomic E-state index is -0.236. The second-order valence-corrected chi connectivity index (χ2v) is 7.96. The number of carbonyl (C=O) groups excluding carboxylic acids is 1. The Morgan fingerprint density at radius 3 is 2.46 bits per heavy atom. The number of esters is 1. The van der Waals surface area contributed by atoms with Crippen molar-refractivity contribution in [2.24, 2.45) is 17.3 Å². The van der Waals surface area contributed by atoms with Crippen LogP contribution in [0.3, 0.4) is 0 Å². The molecular weight excluding hydrogens is 371 g/mol. The summed E-state index contributed by atoms with van der Waals surface area (Å²) in [6, 6.07) is 17.0. The second kappa shape index (κ2) is 7.73. The lowest BCUT2D eigenvalue weighted by molar-refractivity contribution is -0.147. The van der Waals surface area contributed by atoms with Crippen molar-refractivity contribution in [1.82, 2.24) is 0 Å². The summed E-state index contributed by atoms with van der Waals surface area (Å²) < 4.78 is 11.5. The van der Waals surface area contributed by atoms with Crippen LogP contribution in [-0.2, 0) is 16.1 Å². The molecule has 2 atom stereocenters. The zero-order valence-corrected chi connectivity index (χ0v) is 16.1. The molecule has 0 saturated heterocycles. The number of ether oxygens (including phenoxy) is 2. The van der Waals surface area contributed by atoms with Crippen molar-refractivity contribution in [2.75, 3.05) is 0 Å². The second-order valence-electron chi connectivity index (χ2n) is 6.95. The molecule has 26 heavy (non-hydrogen) atoms. The van der Waals surface area contributed by atoms with Gasteiger partial charge in [0, 0.05) is 0 Å². The molecule has 0 heterocycles. The molecule has 1 aliphatic carbocycles. The molecule has 3 nitrogen and oxygen atoms in total. The van der Waals surface area contributed by atoms with Gasteiger partial charge in [-0.1, -0.05) is 67.4 Å². The fourth-order valence-corrected chi connectivity index (χ4v) is 3.41. The Morgan fingerprint density at radius 2 is 1.77 bits per heavy atom. The summed E-state index contributed by atoms with van der Waals surface area (Å²) in [5, 5.41) is 0. The van der Waals surface area contributed by atoms with Gasteiger partial charge in [-0.15, -0.1) is 0 Å². The SMILES string of the molecule is CC1(C)C(C=C(Cl)Cl)[C@@H]1C(=O)OCc1cccc(Oc2ccccc2)c1. The van der Waals surface area contributed by atoms with Crippen molar-refractivity contribution < 1.29 is 14.3 Å².